The maximum Gasteiger partial charge on any atom is 0.354 e. The fourth-order valence-corrected chi connectivity index (χ4v) is 1.92. The van der Waals surface area contributed by atoms with Gasteiger partial charge in [-0.1, -0.05) is 6.07 Å². The molecule has 2 heterocycles. The molecule has 1 aliphatic heterocycles. The van der Waals surface area contributed by atoms with Gasteiger partial charge in [0.25, 0.3) is 0 Å². The maximum atomic E-state index is 11.2. The molecule has 0 aliphatic carbocycles. The Morgan fingerprint density at radius 3 is 3.00 bits per heavy atom. The lowest BCUT2D eigenvalue weighted by Gasteiger charge is -2.24. The quantitative estimate of drug-likeness (QED) is 0.736. The van der Waals surface area contributed by atoms with Crippen molar-refractivity contribution in [3.8, 4) is 0 Å². The van der Waals surface area contributed by atoms with E-state index in [2.05, 4.69) is 15.6 Å². The van der Waals surface area contributed by atoms with E-state index < -0.39 is 5.97 Å². The Morgan fingerprint density at radius 2 is 2.39 bits per heavy atom. The lowest BCUT2D eigenvalue weighted by Crippen LogP contribution is -2.44. The van der Waals surface area contributed by atoms with Gasteiger partial charge in [0.15, 0.2) is 5.69 Å². The zero-order valence-electron chi connectivity index (χ0n) is 10.1. The molecule has 1 aromatic heterocycles. The molecule has 18 heavy (non-hydrogen) atoms. The topological polar surface area (TPSA) is 91.3 Å². The van der Waals surface area contributed by atoms with Gasteiger partial charge in [-0.2, -0.15) is 0 Å². The molecule has 96 valence electrons. The second-order valence-electron chi connectivity index (χ2n) is 4.68. The van der Waals surface area contributed by atoms with Crippen molar-refractivity contribution in [2.24, 2.45) is 0 Å². The lowest BCUT2D eigenvalue weighted by molar-refractivity contribution is -0.119. The number of carboxylic acid groups (broad SMARTS) is 1. The summed E-state index contributed by atoms with van der Waals surface area (Å²) in [7, 11) is 0. The lowest BCUT2D eigenvalue weighted by atomic mass is 10.0. The number of aromatic carboxylic acids is 1. The fourth-order valence-electron chi connectivity index (χ4n) is 1.92. The molecule has 1 aliphatic rings. The van der Waals surface area contributed by atoms with E-state index in [4.69, 9.17) is 5.11 Å². The van der Waals surface area contributed by atoms with Crippen LogP contribution < -0.4 is 10.6 Å². The van der Waals surface area contributed by atoms with Crippen LogP contribution >= 0.6 is 0 Å². The molecule has 0 spiro atoms. The number of carbonyl (C=O) groups is 2. The van der Waals surface area contributed by atoms with Crippen LogP contribution in [0.2, 0.25) is 0 Å². The monoisotopic (exact) mass is 249 g/mol. The van der Waals surface area contributed by atoms with E-state index in [9.17, 15) is 9.59 Å². The first kappa shape index (κ1) is 12.3. The predicted octanol–water partition coefficient (Wildman–Crippen LogP) is 0.860. The molecule has 1 atom stereocenters. The summed E-state index contributed by atoms with van der Waals surface area (Å²) in [4.78, 5) is 25.9. The molecule has 1 aromatic rings. The van der Waals surface area contributed by atoms with Crippen molar-refractivity contribution >= 4 is 17.7 Å². The van der Waals surface area contributed by atoms with Gasteiger partial charge in [-0.25, -0.2) is 9.78 Å². The summed E-state index contributed by atoms with van der Waals surface area (Å²) < 4.78 is 0. The summed E-state index contributed by atoms with van der Waals surface area (Å²) in [6, 6.07) is 4.77. The minimum Gasteiger partial charge on any atom is -0.477 e. The van der Waals surface area contributed by atoms with Crippen molar-refractivity contribution in [2.75, 3.05) is 11.9 Å². The number of nitrogens with one attached hydrogen (secondary N) is 2. The first-order chi connectivity index (χ1) is 8.48. The van der Waals surface area contributed by atoms with Crippen LogP contribution in [-0.4, -0.2) is 34.1 Å². The average Bonchev–Trinajstić information content (AvgIpc) is 2.68. The molecule has 1 unspecified atom stereocenters. The van der Waals surface area contributed by atoms with Crippen LogP contribution in [0.3, 0.4) is 0 Å². The molecule has 0 saturated carbocycles. The van der Waals surface area contributed by atoms with Crippen molar-refractivity contribution in [2.45, 2.75) is 25.3 Å². The van der Waals surface area contributed by atoms with Crippen molar-refractivity contribution in [3.05, 3.63) is 23.9 Å². The third-order valence-electron chi connectivity index (χ3n) is 2.97. The number of anilines is 1. The first-order valence-electron chi connectivity index (χ1n) is 5.74. The van der Waals surface area contributed by atoms with Gasteiger partial charge in [-0.05, 0) is 25.5 Å². The SMILES string of the molecule is CC1(CNc2cccc(C(=O)O)n2)CCC(=O)N1. The highest BCUT2D eigenvalue weighted by Gasteiger charge is 2.32. The van der Waals surface area contributed by atoms with Gasteiger partial charge >= 0.3 is 5.97 Å². The molecule has 1 amide bonds. The number of hydrogen-bond acceptors (Lipinski definition) is 4. The predicted molar refractivity (Wildman–Crippen MR) is 65.5 cm³/mol. The summed E-state index contributed by atoms with van der Waals surface area (Å²) in [6.45, 7) is 2.47. The van der Waals surface area contributed by atoms with Gasteiger partial charge in [0, 0.05) is 13.0 Å². The maximum absolute atomic E-state index is 11.2. The van der Waals surface area contributed by atoms with Crippen LogP contribution in [0.15, 0.2) is 18.2 Å². The molecule has 1 fully saturated rings. The molecular formula is C12H15N3O3. The van der Waals surface area contributed by atoms with Crippen LogP contribution in [0.5, 0.6) is 0 Å². The minimum absolute atomic E-state index is 0.000565. The van der Waals surface area contributed by atoms with Crippen LogP contribution in [0.4, 0.5) is 5.82 Å². The molecule has 3 N–H and O–H groups in total. The zero-order chi connectivity index (χ0) is 13.2. The van der Waals surface area contributed by atoms with Crippen LogP contribution in [-0.2, 0) is 4.79 Å². The highest BCUT2D eigenvalue weighted by molar-refractivity contribution is 5.85. The summed E-state index contributed by atoms with van der Waals surface area (Å²) in [5.41, 5.74) is -0.293. The number of pyridine rings is 1. The van der Waals surface area contributed by atoms with E-state index in [1.165, 1.54) is 6.07 Å². The number of carbonyl (C=O) groups excluding carboxylic acids is 1. The van der Waals surface area contributed by atoms with Crippen molar-refractivity contribution in [3.63, 3.8) is 0 Å². The van der Waals surface area contributed by atoms with Gasteiger partial charge in [0.1, 0.15) is 5.82 Å². The number of nitrogens with zero attached hydrogens (tertiary/aromatic N) is 1. The molecule has 1 saturated heterocycles. The number of amides is 1. The van der Waals surface area contributed by atoms with Crippen LogP contribution in [0.25, 0.3) is 0 Å². The van der Waals surface area contributed by atoms with Crippen molar-refractivity contribution in [1.82, 2.24) is 10.3 Å². The zero-order valence-corrected chi connectivity index (χ0v) is 10.1. The third-order valence-corrected chi connectivity index (χ3v) is 2.97. The summed E-state index contributed by atoms with van der Waals surface area (Å²) in [6.07, 6.45) is 1.29. The van der Waals surface area contributed by atoms with Gasteiger partial charge < -0.3 is 15.7 Å². The number of carboxylic acids is 1. The number of aromatic nitrogens is 1. The summed E-state index contributed by atoms with van der Waals surface area (Å²) in [5.74, 6) is -0.511. The van der Waals surface area contributed by atoms with E-state index in [0.717, 1.165) is 6.42 Å². The van der Waals surface area contributed by atoms with Gasteiger partial charge in [0.2, 0.25) is 5.91 Å². The number of hydrogen-bond donors (Lipinski definition) is 3. The molecule has 2 rings (SSSR count). The van der Waals surface area contributed by atoms with Crippen molar-refractivity contribution in [1.29, 1.82) is 0 Å². The van der Waals surface area contributed by atoms with Gasteiger partial charge in [-0.15, -0.1) is 0 Å². The molecule has 6 nitrogen and oxygen atoms in total. The normalized spacial score (nSPS) is 22.6. The summed E-state index contributed by atoms with van der Waals surface area (Å²) in [5, 5.41) is 14.8. The van der Waals surface area contributed by atoms with E-state index in [1.54, 1.807) is 12.1 Å². The molecule has 0 radical (unpaired) electrons. The van der Waals surface area contributed by atoms with E-state index >= 15 is 0 Å². The largest absolute Gasteiger partial charge is 0.477 e. The Kier molecular flexibility index (Phi) is 3.18. The van der Waals surface area contributed by atoms with Crippen molar-refractivity contribution < 1.29 is 14.7 Å². The minimum atomic E-state index is -1.06. The Bertz CT molecular complexity index is 489. The third kappa shape index (κ3) is 2.77. The van der Waals surface area contributed by atoms with E-state index in [1.807, 2.05) is 6.92 Å². The van der Waals surface area contributed by atoms with E-state index in [0.29, 0.717) is 18.8 Å². The molecule has 6 heteroatoms. The highest BCUT2D eigenvalue weighted by atomic mass is 16.4. The second kappa shape index (κ2) is 4.64. The van der Waals surface area contributed by atoms with E-state index in [-0.39, 0.29) is 17.1 Å². The van der Waals surface area contributed by atoms with Gasteiger partial charge in [-0.3, -0.25) is 4.79 Å². The second-order valence-corrected chi connectivity index (χ2v) is 4.68. The Hall–Kier alpha value is -2.11. The average molecular weight is 249 g/mol. The Labute approximate surface area is 104 Å². The Balaban J connectivity index is 2.00. The standard InChI is InChI=1S/C12H15N3O3/c1-12(6-5-10(16)15-12)7-13-9-4-2-3-8(14-9)11(17)18/h2-4H,5-7H2,1H3,(H,13,14)(H,15,16)(H,17,18). The molecular weight excluding hydrogens is 234 g/mol. The fraction of sp³-hybridized carbons (Fsp3) is 0.417. The number of rotatable bonds is 4. The summed E-state index contributed by atoms with van der Waals surface area (Å²) >= 11 is 0. The van der Waals surface area contributed by atoms with Crippen LogP contribution in [0, 0.1) is 0 Å². The van der Waals surface area contributed by atoms with Crippen LogP contribution in [0.1, 0.15) is 30.3 Å². The van der Waals surface area contributed by atoms with Gasteiger partial charge in [0.05, 0.1) is 5.54 Å². The first-order valence-corrected chi connectivity index (χ1v) is 5.74. The highest BCUT2D eigenvalue weighted by Crippen LogP contribution is 2.19. The molecule has 0 bridgehead atoms. The Morgan fingerprint density at radius 1 is 1.61 bits per heavy atom. The molecule has 0 aromatic carbocycles. The smallest absolute Gasteiger partial charge is 0.354 e.